The van der Waals surface area contributed by atoms with Gasteiger partial charge in [-0.05, 0) is 82.0 Å². The number of nitrogens with one attached hydrogen (secondary N) is 4. The molecular weight excluding hydrogens is 729 g/mol. The Morgan fingerprint density at radius 2 is 1.12 bits per heavy atom. The van der Waals surface area contributed by atoms with Crippen LogP contribution in [0.4, 0.5) is 10.5 Å². The largest absolute Gasteiger partial charge is 0.460 e. The molecule has 0 aliphatic carbocycles. The lowest BCUT2D eigenvalue weighted by Gasteiger charge is -2.26. The molecule has 0 saturated carbocycles. The molecule has 0 aliphatic rings. The van der Waals surface area contributed by atoms with Gasteiger partial charge in [-0.25, -0.2) is 4.79 Å². The SMILES string of the molecule is CC(C)(C)OC(=O)CC[C@H](NC(=O)[C@H](CC(=O)OC(C)(C)C)NC(=O)[C@H](Cc1ccc2ccccc2c1)NC(=O)OCc1ccccc1)C(=O)Nc1ccccc1. The number of alkyl carbamates (subject to hydrolysis) is 1. The van der Waals surface area contributed by atoms with Crippen LogP contribution in [0.2, 0.25) is 0 Å². The average molecular weight is 781 g/mol. The molecular formula is C44H52N4O9. The molecule has 0 bridgehead atoms. The molecule has 4 aromatic rings. The number of ether oxygens (including phenoxy) is 3. The lowest BCUT2D eigenvalue weighted by atomic mass is 10.0. The van der Waals surface area contributed by atoms with E-state index >= 15 is 0 Å². The van der Waals surface area contributed by atoms with Crippen LogP contribution in [0.25, 0.3) is 10.8 Å². The molecule has 13 nitrogen and oxygen atoms in total. The number of carbonyl (C=O) groups excluding carboxylic acids is 6. The first-order valence-corrected chi connectivity index (χ1v) is 18.8. The van der Waals surface area contributed by atoms with Gasteiger partial charge in [-0.15, -0.1) is 0 Å². The summed E-state index contributed by atoms with van der Waals surface area (Å²) < 4.78 is 16.3. The van der Waals surface area contributed by atoms with E-state index in [1.807, 2.05) is 48.5 Å². The molecule has 0 unspecified atom stereocenters. The molecule has 4 aromatic carbocycles. The number of hydrogen-bond acceptors (Lipinski definition) is 9. The minimum atomic E-state index is -1.57. The van der Waals surface area contributed by atoms with Gasteiger partial charge in [0.25, 0.3) is 0 Å². The minimum absolute atomic E-state index is 0.00409. The number of esters is 2. The first-order chi connectivity index (χ1) is 26.9. The molecule has 302 valence electrons. The van der Waals surface area contributed by atoms with Crippen molar-refractivity contribution < 1.29 is 43.0 Å². The molecule has 0 saturated heterocycles. The van der Waals surface area contributed by atoms with E-state index in [9.17, 15) is 28.8 Å². The Morgan fingerprint density at radius 1 is 0.561 bits per heavy atom. The van der Waals surface area contributed by atoms with E-state index in [1.165, 1.54) is 0 Å². The molecule has 4 N–H and O–H groups in total. The fourth-order valence-corrected chi connectivity index (χ4v) is 5.70. The number of fused-ring (bicyclic) bond motifs is 1. The van der Waals surface area contributed by atoms with Crippen LogP contribution >= 0.6 is 0 Å². The molecule has 0 spiro atoms. The van der Waals surface area contributed by atoms with E-state index in [1.54, 1.807) is 96.1 Å². The molecule has 0 aromatic heterocycles. The first-order valence-electron chi connectivity index (χ1n) is 18.8. The van der Waals surface area contributed by atoms with Gasteiger partial charge in [0, 0.05) is 18.5 Å². The molecule has 4 amide bonds. The van der Waals surface area contributed by atoms with E-state index in [2.05, 4.69) is 21.3 Å². The number of anilines is 1. The molecule has 57 heavy (non-hydrogen) atoms. The van der Waals surface area contributed by atoms with Gasteiger partial charge in [0.1, 0.15) is 35.9 Å². The number of benzene rings is 4. The third kappa shape index (κ3) is 15.4. The van der Waals surface area contributed by atoms with Crippen LogP contribution < -0.4 is 21.3 Å². The highest BCUT2D eigenvalue weighted by molar-refractivity contribution is 6.00. The zero-order valence-electron chi connectivity index (χ0n) is 33.3. The Morgan fingerprint density at radius 3 is 1.77 bits per heavy atom. The summed E-state index contributed by atoms with van der Waals surface area (Å²) in [5.74, 6) is -3.74. The van der Waals surface area contributed by atoms with Gasteiger partial charge >= 0.3 is 18.0 Å². The van der Waals surface area contributed by atoms with Crippen LogP contribution in [0.5, 0.6) is 0 Å². The van der Waals surface area contributed by atoms with E-state index in [-0.39, 0.29) is 25.9 Å². The van der Waals surface area contributed by atoms with E-state index < -0.39 is 71.5 Å². The highest BCUT2D eigenvalue weighted by atomic mass is 16.6. The first kappa shape index (κ1) is 43.5. The Hall–Kier alpha value is -6.24. The molecule has 0 fully saturated rings. The maximum atomic E-state index is 14.2. The van der Waals surface area contributed by atoms with E-state index in [0.717, 1.165) is 16.3 Å². The fraction of sp³-hybridized carbons (Fsp3) is 0.364. The summed E-state index contributed by atoms with van der Waals surface area (Å²) in [4.78, 5) is 80.8. The van der Waals surface area contributed by atoms with E-state index in [0.29, 0.717) is 11.3 Å². The Balaban J connectivity index is 1.60. The number of para-hydroxylation sites is 1. The molecule has 0 heterocycles. The summed E-state index contributed by atoms with van der Waals surface area (Å²) >= 11 is 0. The predicted molar refractivity (Wildman–Crippen MR) is 216 cm³/mol. The van der Waals surface area contributed by atoms with Gasteiger partial charge in [0.15, 0.2) is 0 Å². The zero-order chi connectivity index (χ0) is 41.6. The van der Waals surface area contributed by atoms with Crippen LogP contribution in [0.15, 0.2) is 103 Å². The van der Waals surface area contributed by atoms with Gasteiger partial charge < -0.3 is 35.5 Å². The topological polar surface area (TPSA) is 178 Å². The average Bonchev–Trinajstić information content (AvgIpc) is 3.14. The second-order valence-electron chi connectivity index (χ2n) is 15.5. The van der Waals surface area contributed by atoms with Crippen molar-refractivity contribution in [1.29, 1.82) is 0 Å². The third-order valence-electron chi connectivity index (χ3n) is 8.23. The molecule has 0 aliphatic heterocycles. The number of hydrogen-bond donors (Lipinski definition) is 4. The normalized spacial score (nSPS) is 12.9. The van der Waals surface area contributed by atoms with Crippen molar-refractivity contribution in [3.8, 4) is 0 Å². The second kappa shape index (κ2) is 20.1. The summed E-state index contributed by atoms with van der Waals surface area (Å²) in [6.07, 6.45) is -1.89. The van der Waals surface area contributed by atoms with Crippen LogP contribution in [0.3, 0.4) is 0 Å². The minimum Gasteiger partial charge on any atom is -0.460 e. The molecule has 0 radical (unpaired) electrons. The Labute approximate surface area is 333 Å². The van der Waals surface area contributed by atoms with Crippen molar-refractivity contribution in [2.24, 2.45) is 0 Å². The van der Waals surface area contributed by atoms with Crippen molar-refractivity contribution in [2.45, 2.75) is 103 Å². The third-order valence-corrected chi connectivity index (χ3v) is 8.23. The fourth-order valence-electron chi connectivity index (χ4n) is 5.70. The predicted octanol–water partition coefficient (Wildman–Crippen LogP) is 6.14. The van der Waals surface area contributed by atoms with Gasteiger partial charge in [0.05, 0.1) is 6.42 Å². The van der Waals surface area contributed by atoms with Gasteiger partial charge in [0.2, 0.25) is 17.7 Å². The summed E-state index contributed by atoms with van der Waals surface area (Å²) in [7, 11) is 0. The van der Waals surface area contributed by atoms with Crippen LogP contribution in [0.1, 0.15) is 71.9 Å². The number of carbonyl (C=O) groups is 6. The lowest BCUT2D eigenvalue weighted by molar-refractivity contribution is -0.156. The van der Waals surface area contributed by atoms with Crippen LogP contribution in [-0.2, 0) is 51.2 Å². The van der Waals surface area contributed by atoms with Crippen molar-refractivity contribution in [2.75, 3.05) is 5.32 Å². The zero-order valence-corrected chi connectivity index (χ0v) is 33.3. The standard InChI is InChI=1S/C44H52N4O9/c1-43(2,3)56-37(49)24-23-34(39(51)45-33-19-11-8-12-20-33)46-41(53)36(27-38(50)57-44(4,5)6)47-40(52)35(48-42(54)55-28-29-15-9-7-10-16-29)26-30-21-22-31-17-13-14-18-32(31)25-30/h7-22,25,34-36H,23-24,26-28H2,1-6H3,(H,45,51)(H,46,53)(H,47,52)(H,48,54)/t34-,35-,36-/m0/s1. The molecule has 13 heteroatoms. The van der Waals surface area contributed by atoms with Gasteiger partial charge in [-0.2, -0.15) is 0 Å². The maximum Gasteiger partial charge on any atom is 0.408 e. The van der Waals surface area contributed by atoms with E-state index in [4.69, 9.17) is 14.2 Å². The summed E-state index contributed by atoms with van der Waals surface area (Å²) in [6.45, 7) is 10.0. The number of amides is 4. The van der Waals surface area contributed by atoms with Gasteiger partial charge in [-0.3, -0.25) is 24.0 Å². The smallest absolute Gasteiger partial charge is 0.408 e. The monoisotopic (exact) mass is 780 g/mol. The van der Waals surface area contributed by atoms with Gasteiger partial charge in [-0.1, -0.05) is 91.0 Å². The summed E-state index contributed by atoms with van der Waals surface area (Å²) in [5.41, 5.74) is 0.173. The van der Waals surface area contributed by atoms with Crippen molar-refractivity contribution in [1.82, 2.24) is 16.0 Å². The van der Waals surface area contributed by atoms with Crippen LogP contribution in [-0.4, -0.2) is 65.1 Å². The molecule has 3 atom stereocenters. The quantitative estimate of drug-likeness (QED) is 0.0768. The van der Waals surface area contributed by atoms with Crippen molar-refractivity contribution >= 4 is 52.2 Å². The Kier molecular flexibility index (Phi) is 15.3. The highest BCUT2D eigenvalue weighted by Crippen LogP contribution is 2.18. The molecule has 4 rings (SSSR count). The maximum absolute atomic E-state index is 14.2. The highest BCUT2D eigenvalue weighted by Gasteiger charge is 2.33. The van der Waals surface area contributed by atoms with Crippen molar-refractivity contribution in [3.63, 3.8) is 0 Å². The Bertz CT molecular complexity index is 2010. The lowest BCUT2D eigenvalue weighted by Crippen LogP contribution is -2.57. The van der Waals surface area contributed by atoms with Crippen molar-refractivity contribution in [3.05, 3.63) is 114 Å². The van der Waals surface area contributed by atoms with Crippen LogP contribution in [0, 0.1) is 0 Å². The summed E-state index contributed by atoms with van der Waals surface area (Å²) in [6, 6.07) is 26.7. The second-order valence-corrected chi connectivity index (χ2v) is 15.5. The number of rotatable bonds is 16. The summed E-state index contributed by atoms with van der Waals surface area (Å²) in [5, 5.41) is 12.5.